The molecule has 3 heteroatoms. The lowest BCUT2D eigenvalue weighted by molar-refractivity contribution is 0.0696. The zero-order valence-corrected chi connectivity index (χ0v) is 10.2. The molecule has 18 heavy (non-hydrogen) atoms. The predicted octanol–water partition coefficient (Wildman–Crippen LogP) is 3.81. The van der Waals surface area contributed by atoms with Crippen LogP contribution in [0.2, 0.25) is 0 Å². The van der Waals surface area contributed by atoms with Crippen LogP contribution in [-0.4, -0.2) is 11.1 Å². The summed E-state index contributed by atoms with van der Waals surface area (Å²) in [6, 6.07) is 9.94. The molecule has 0 saturated heterocycles. The standard InChI is InChI=1S/C15H13FO2/c1-9-6-7-11(8-14(9)16)12-4-3-5-13(10(12)2)15(17)18/h3-8H,1-2H3,(H,17,18). The second kappa shape index (κ2) is 4.61. The van der Waals surface area contributed by atoms with E-state index in [2.05, 4.69) is 0 Å². The Morgan fingerprint density at radius 3 is 2.50 bits per heavy atom. The van der Waals surface area contributed by atoms with Crippen molar-refractivity contribution in [3.8, 4) is 11.1 Å². The summed E-state index contributed by atoms with van der Waals surface area (Å²) in [6.45, 7) is 3.43. The van der Waals surface area contributed by atoms with Gasteiger partial charge in [0.1, 0.15) is 5.82 Å². The van der Waals surface area contributed by atoms with Crippen LogP contribution < -0.4 is 0 Å². The monoisotopic (exact) mass is 244 g/mol. The van der Waals surface area contributed by atoms with Gasteiger partial charge in [-0.1, -0.05) is 24.3 Å². The first-order chi connectivity index (χ1) is 8.50. The van der Waals surface area contributed by atoms with E-state index in [9.17, 15) is 9.18 Å². The van der Waals surface area contributed by atoms with Gasteiger partial charge < -0.3 is 5.11 Å². The first-order valence-corrected chi connectivity index (χ1v) is 5.60. The summed E-state index contributed by atoms with van der Waals surface area (Å²) in [7, 11) is 0. The van der Waals surface area contributed by atoms with Crippen molar-refractivity contribution in [2.75, 3.05) is 0 Å². The smallest absolute Gasteiger partial charge is 0.335 e. The number of carbonyl (C=O) groups is 1. The molecule has 0 radical (unpaired) electrons. The zero-order valence-electron chi connectivity index (χ0n) is 10.2. The fourth-order valence-corrected chi connectivity index (χ4v) is 1.94. The fraction of sp³-hybridized carbons (Fsp3) is 0.133. The predicted molar refractivity (Wildman–Crippen MR) is 68.3 cm³/mol. The molecule has 0 heterocycles. The number of halogens is 1. The van der Waals surface area contributed by atoms with E-state index in [-0.39, 0.29) is 11.4 Å². The average Bonchev–Trinajstić information content (AvgIpc) is 2.33. The molecule has 0 aliphatic heterocycles. The van der Waals surface area contributed by atoms with Crippen LogP contribution in [0.3, 0.4) is 0 Å². The maximum atomic E-state index is 13.5. The molecule has 1 N–H and O–H groups in total. The molecule has 2 aromatic carbocycles. The molecule has 2 nitrogen and oxygen atoms in total. The van der Waals surface area contributed by atoms with Gasteiger partial charge in [0.2, 0.25) is 0 Å². The van der Waals surface area contributed by atoms with Crippen LogP contribution in [0.25, 0.3) is 11.1 Å². The number of aromatic carboxylic acids is 1. The van der Waals surface area contributed by atoms with Crippen molar-refractivity contribution in [2.24, 2.45) is 0 Å². The lowest BCUT2D eigenvalue weighted by Gasteiger charge is -2.09. The van der Waals surface area contributed by atoms with E-state index in [0.29, 0.717) is 16.7 Å². The molecule has 2 rings (SSSR count). The van der Waals surface area contributed by atoms with Gasteiger partial charge >= 0.3 is 5.97 Å². The molecule has 0 aliphatic rings. The Labute approximate surface area is 105 Å². The number of rotatable bonds is 2. The van der Waals surface area contributed by atoms with Crippen molar-refractivity contribution in [1.29, 1.82) is 0 Å². The number of benzene rings is 2. The van der Waals surface area contributed by atoms with Crippen LogP contribution in [-0.2, 0) is 0 Å². The minimum Gasteiger partial charge on any atom is -0.478 e. The summed E-state index contributed by atoms with van der Waals surface area (Å²) in [4.78, 5) is 11.1. The van der Waals surface area contributed by atoms with Gasteiger partial charge in [0.25, 0.3) is 0 Å². The largest absolute Gasteiger partial charge is 0.478 e. The van der Waals surface area contributed by atoms with Gasteiger partial charge in [-0.2, -0.15) is 0 Å². The Morgan fingerprint density at radius 1 is 1.17 bits per heavy atom. The van der Waals surface area contributed by atoms with Crippen molar-refractivity contribution >= 4 is 5.97 Å². The first-order valence-electron chi connectivity index (χ1n) is 5.60. The third kappa shape index (κ3) is 2.12. The van der Waals surface area contributed by atoms with Crippen LogP contribution in [0.15, 0.2) is 36.4 Å². The summed E-state index contributed by atoms with van der Waals surface area (Å²) in [5.74, 6) is -1.26. The third-order valence-electron chi connectivity index (χ3n) is 3.05. The maximum Gasteiger partial charge on any atom is 0.335 e. The molecule has 0 atom stereocenters. The molecule has 0 aromatic heterocycles. The van der Waals surface area contributed by atoms with Crippen LogP contribution in [0.5, 0.6) is 0 Å². The maximum absolute atomic E-state index is 13.5. The molecule has 2 aromatic rings. The molecule has 0 amide bonds. The quantitative estimate of drug-likeness (QED) is 0.872. The van der Waals surface area contributed by atoms with E-state index in [0.717, 1.165) is 5.56 Å². The summed E-state index contributed by atoms with van der Waals surface area (Å²) < 4.78 is 13.5. The van der Waals surface area contributed by atoms with E-state index >= 15 is 0 Å². The second-order valence-corrected chi connectivity index (χ2v) is 4.25. The normalized spacial score (nSPS) is 10.4. The van der Waals surface area contributed by atoms with Gasteiger partial charge in [-0.05, 0) is 48.2 Å². The van der Waals surface area contributed by atoms with Gasteiger partial charge in [-0.15, -0.1) is 0 Å². The van der Waals surface area contributed by atoms with E-state index < -0.39 is 5.97 Å². The van der Waals surface area contributed by atoms with Crippen molar-refractivity contribution in [3.63, 3.8) is 0 Å². The summed E-state index contributed by atoms with van der Waals surface area (Å²) >= 11 is 0. The van der Waals surface area contributed by atoms with Crippen LogP contribution >= 0.6 is 0 Å². The number of hydrogen-bond acceptors (Lipinski definition) is 1. The molecule has 0 spiro atoms. The van der Waals surface area contributed by atoms with Crippen molar-refractivity contribution < 1.29 is 14.3 Å². The Kier molecular flexibility index (Phi) is 3.15. The summed E-state index contributed by atoms with van der Waals surface area (Å²) in [5, 5.41) is 9.06. The Hall–Kier alpha value is -2.16. The molecule has 92 valence electrons. The van der Waals surface area contributed by atoms with Gasteiger partial charge in [-0.25, -0.2) is 9.18 Å². The van der Waals surface area contributed by atoms with E-state index in [1.54, 1.807) is 44.2 Å². The van der Waals surface area contributed by atoms with Gasteiger partial charge in [0.15, 0.2) is 0 Å². The highest BCUT2D eigenvalue weighted by Crippen LogP contribution is 2.27. The highest BCUT2D eigenvalue weighted by atomic mass is 19.1. The van der Waals surface area contributed by atoms with E-state index in [1.165, 1.54) is 6.07 Å². The number of carboxylic acid groups (broad SMARTS) is 1. The topological polar surface area (TPSA) is 37.3 Å². The molecule has 0 bridgehead atoms. The second-order valence-electron chi connectivity index (χ2n) is 4.25. The summed E-state index contributed by atoms with van der Waals surface area (Å²) in [6.07, 6.45) is 0. The minimum atomic E-state index is -0.970. The van der Waals surface area contributed by atoms with Crippen LogP contribution in [0.4, 0.5) is 4.39 Å². The molecular formula is C15H13FO2. The Bertz CT molecular complexity index is 618. The Morgan fingerprint density at radius 2 is 1.89 bits per heavy atom. The number of carboxylic acids is 1. The first kappa shape index (κ1) is 12.3. The third-order valence-corrected chi connectivity index (χ3v) is 3.05. The molecule has 0 aliphatic carbocycles. The highest BCUT2D eigenvalue weighted by Gasteiger charge is 2.11. The van der Waals surface area contributed by atoms with E-state index in [1.807, 2.05) is 0 Å². The number of aryl methyl sites for hydroxylation is 1. The van der Waals surface area contributed by atoms with Gasteiger partial charge in [0, 0.05) is 0 Å². The van der Waals surface area contributed by atoms with Gasteiger partial charge in [0.05, 0.1) is 5.56 Å². The molecule has 0 fully saturated rings. The number of hydrogen-bond donors (Lipinski definition) is 1. The van der Waals surface area contributed by atoms with E-state index in [4.69, 9.17) is 5.11 Å². The zero-order chi connectivity index (χ0) is 13.3. The lowest BCUT2D eigenvalue weighted by Crippen LogP contribution is -2.00. The van der Waals surface area contributed by atoms with Crippen LogP contribution in [0, 0.1) is 19.7 Å². The van der Waals surface area contributed by atoms with Gasteiger partial charge in [-0.3, -0.25) is 0 Å². The lowest BCUT2D eigenvalue weighted by atomic mass is 9.96. The Balaban J connectivity index is 2.60. The minimum absolute atomic E-state index is 0.244. The van der Waals surface area contributed by atoms with Crippen molar-refractivity contribution in [2.45, 2.75) is 13.8 Å². The SMILES string of the molecule is Cc1ccc(-c2cccc(C(=O)O)c2C)cc1F. The fourth-order valence-electron chi connectivity index (χ4n) is 1.94. The highest BCUT2D eigenvalue weighted by molar-refractivity contribution is 5.92. The molecule has 0 unspecified atom stereocenters. The molecular weight excluding hydrogens is 231 g/mol. The summed E-state index contributed by atoms with van der Waals surface area (Å²) in [5.41, 5.74) is 2.90. The molecule has 0 saturated carbocycles. The van der Waals surface area contributed by atoms with Crippen molar-refractivity contribution in [3.05, 3.63) is 58.9 Å². The van der Waals surface area contributed by atoms with Crippen LogP contribution in [0.1, 0.15) is 21.5 Å². The average molecular weight is 244 g/mol. The van der Waals surface area contributed by atoms with Crippen molar-refractivity contribution in [1.82, 2.24) is 0 Å².